The highest BCUT2D eigenvalue weighted by Crippen LogP contribution is 2.25. The van der Waals surface area contributed by atoms with Gasteiger partial charge in [-0.2, -0.15) is 0 Å². The van der Waals surface area contributed by atoms with Gasteiger partial charge >= 0.3 is 0 Å². The van der Waals surface area contributed by atoms with E-state index < -0.39 is 0 Å². The first-order valence-electron chi connectivity index (χ1n) is 8.68. The van der Waals surface area contributed by atoms with E-state index in [2.05, 4.69) is 30.6 Å². The third-order valence-corrected chi connectivity index (χ3v) is 5.55. The van der Waals surface area contributed by atoms with Crippen LogP contribution in [0.2, 0.25) is 0 Å². The Hall–Kier alpha value is -0.570. The first kappa shape index (κ1) is 15.8. The second-order valence-corrected chi connectivity index (χ2v) is 6.75. The molecule has 1 amide bonds. The fourth-order valence-electron chi connectivity index (χ4n) is 3.66. The highest BCUT2D eigenvalue weighted by atomic mass is 16.2. The summed E-state index contributed by atoms with van der Waals surface area (Å²) in [6, 6.07) is 0.730. The SMILES string of the molecule is CCC1CCN(C2CCN(C(=O)C(C)CC)CC2)CC1. The van der Waals surface area contributed by atoms with Gasteiger partial charge in [0.1, 0.15) is 0 Å². The predicted octanol–water partition coefficient (Wildman–Crippen LogP) is 3.15. The topological polar surface area (TPSA) is 23.6 Å². The van der Waals surface area contributed by atoms with Crippen LogP contribution in [-0.4, -0.2) is 47.9 Å². The van der Waals surface area contributed by atoms with E-state index in [-0.39, 0.29) is 5.92 Å². The molecule has 0 aromatic heterocycles. The zero-order valence-corrected chi connectivity index (χ0v) is 13.6. The van der Waals surface area contributed by atoms with Crippen LogP contribution in [0.3, 0.4) is 0 Å². The number of piperidine rings is 2. The summed E-state index contributed by atoms with van der Waals surface area (Å²) in [5.41, 5.74) is 0. The van der Waals surface area contributed by atoms with E-state index >= 15 is 0 Å². The molecule has 2 fully saturated rings. The van der Waals surface area contributed by atoms with Gasteiger partial charge in [0.25, 0.3) is 0 Å². The number of nitrogens with zero attached hydrogens (tertiary/aromatic N) is 2. The summed E-state index contributed by atoms with van der Waals surface area (Å²) in [4.78, 5) is 17.0. The summed E-state index contributed by atoms with van der Waals surface area (Å²) < 4.78 is 0. The summed E-state index contributed by atoms with van der Waals surface area (Å²) >= 11 is 0. The maximum Gasteiger partial charge on any atom is 0.225 e. The molecule has 3 nitrogen and oxygen atoms in total. The van der Waals surface area contributed by atoms with E-state index in [1.54, 1.807) is 0 Å². The van der Waals surface area contributed by atoms with Crippen LogP contribution in [0.15, 0.2) is 0 Å². The molecular weight excluding hydrogens is 248 g/mol. The Kier molecular flexibility index (Phi) is 5.88. The van der Waals surface area contributed by atoms with E-state index in [0.717, 1.165) is 31.5 Å². The number of likely N-dealkylation sites (tertiary alicyclic amines) is 2. The number of carbonyl (C=O) groups excluding carboxylic acids is 1. The van der Waals surface area contributed by atoms with Crippen LogP contribution in [-0.2, 0) is 4.79 Å². The predicted molar refractivity (Wildman–Crippen MR) is 83.6 cm³/mol. The molecule has 2 aliphatic heterocycles. The van der Waals surface area contributed by atoms with Crippen LogP contribution in [0.25, 0.3) is 0 Å². The number of rotatable bonds is 4. The number of hydrogen-bond donors (Lipinski definition) is 0. The van der Waals surface area contributed by atoms with Gasteiger partial charge < -0.3 is 9.80 Å². The van der Waals surface area contributed by atoms with E-state index in [0.29, 0.717) is 5.91 Å². The van der Waals surface area contributed by atoms with Gasteiger partial charge in [0, 0.05) is 25.0 Å². The normalized spacial score (nSPS) is 24.9. The Bertz CT molecular complexity index is 302. The molecular formula is C17H32N2O. The molecule has 0 radical (unpaired) electrons. The molecule has 0 aromatic rings. The molecule has 0 aliphatic carbocycles. The molecule has 0 aromatic carbocycles. The molecule has 116 valence electrons. The van der Waals surface area contributed by atoms with Gasteiger partial charge in [-0.15, -0.1) is 0 Å². The molecule has 2 aliphatic rings. The minimum Gasteiger partial charge on any atom is -0.342 e. The van der Waals surface area contributed by atoms with Crippen LogP contribution in [0.1, 0.15) is 59.3 Å². The van der Waals surface area contributed by atoms with Crippen molar-refractivity contribution in [3.05, 3.63) is 0 Å². The maximum atomic E-state index is 12.2. The highest BCUT2D eigenvalue weighted by molar-refractivity contribution is 5.78. The standard InChI is InChI=1S/C17H32N2O/c1-4-14(3)17(20)19-12-8-16(9-13-19)18-10-6-15(5-2)7-11-18/h14-16H,4-13H2,1-3H3. The monoisotopic (exact) mass is 280 g/mol. The molecule has 2 heterocycles. The third kappa shape index (κ3) is 3.75. The van der Waals surface area contributed by atoms with Crippen LogP contribution < -0.4 is 0 Å². The average molecular weight is 280 g/mol. The van der Waals surface area contributed by atoms with Crippen molar-refractivity contribution < 1.29 is 4.79 Å². The molecule has 20 heavy (non-hydrogen) atoms. The van der Waals surface area contributed by atoms with Crippen molar-refractivity contribution in [3.8, 4) is 0 Å². The fourth-order valence-corrected chi connectivity index (χ4v) is 3.66. The summed E-state index contributed by atoms with van der Waals surface area (Å²) in [5, 5.41) is 0. The van der Waals surface area contributed by atoms with Crippen molar-refractivity contribution in [2.45, 2.75) is 65.3 Å². The second-order valence-electron chi connectivity index (χ2n) is 6.75. The van der Waals surface area contributed by atoms with E-state index in [9.17, 15) is 4.79 Å². The van der Waals surface area contributed by atoms with Crippen molar-refractivity contribution in [2.24, 2.45) is 11.8 Å². The molecule has 1 atom stereocenters. The largest absolute Gasteiger partial charge is 0.342 e. The minimum absolute atomic E-state index is 0.201. The van der Waals surface area contributed by atoms with Gasteiger partial charge in [0.2, 0.25) is 5.91 Å². The van der Waals surface area contributed by atoms with Gasteiger partial charge in [0.15, 0.2) is 0 Å². The molecule has 2 rings (SSSR count). The van der Waals surface area contributed by atoms with Gasteiger partial charge in [-0.05, 0) is 51.1 Å². The van der Waals surface area contributed by atoms with Gasteiger partial charge in [-0.1, -0.05) is 27.2 Å². The molecule has 2 saturated heterocycles. The minimum atomic E-state index is 0.201. The first-order chi connectivity index (χ1) is 9.65. The van der Waals surface area contributed by atoms with Crippen LogP contribution >= 0.6 is 0 Å². The highest BCUT2D eigenvalue weighted by Gasteiger charge is 2.30. The van der Waals surface area contributed by atoms with E-state index in [1.807, 2.05) is 0 Å². The van der Waals surface area contributed by atoms with Crippen molar-refractivity contribution in [2.75, 3.05) is 26.2 Å². The zero-order chi connectivity index (χ0) is 14.5. The summed E-state index contributed by atoms with van der Waals surface area (Å²) in [6.45, 7) is 11.0. The molecule has 0 N–H and O–H groups in total. The lowest BCUT2D eigenvalue weighted by molar-refractivity contribution is -0.136. The van der Waals surface area contributed by atoms with Gasteiger partial charge in [-0.25, -0.2) is 0 Å². The molecule has 0 bridgehead atoms. The zero-order valence-electron chi connectivity index (χ0n) is 13.6. The molecule has 1 unspecified atom stereocenters. The van der Waals surface area contributed by atoms with Crippen molar-refractivity contribution >= 4 is 5.91 Å². The summed E-state index contributed by atoms with van der Waals surface area (Å²) in [7, 11) is 0. The van der Waals surface area contributed by atoms with Crippen molar-refractivity contribution in [3.63, 3.8) is 0 Å². The third-order valence-electron chi connectivity index (χ3n) is 5.55. The molecule has 0 saturated carbocycles. The number of carbonyl (C=O) groups is 1. The molecule has 3 heteroatoms. The van der Waals surface area contributed by atoms with E-state index in [1.165, 1.54) is 45.2 Å². The smallest absolute Gasteiger partial charge is 0.225 e. The van der Waals surface area contributed by atoms with Crippen LogP contribution in [0.5, 0.6) is 0 Å². The van der Waals surface area contributed by atoms with Crippen molar-refractivity contribution in [1.29, 1.82) is 0 Å². The second kappa shape index (κ2) is 7.44. The van der Waals surface area contributed by atoms with E-state index in [4.69, 9.17) is 0 Å². The maximum absolute atomic E-state index is 12.2. The lowest BCUT2D eigenvalue weighted by Crippen LogP contribution is -2.49. The Balaban J connectivity index is 1.76. The summed E-state index contributed by atoms with van der Waals surface area (Å²) in [6.07, 6.45) is 7.42. The number of hydrogen-bond acceptors (Lipinski definition) is 2. The van der Waals surface area contributed by atoms with Crippen molar-refractivity contribution in [1.82, 2.24) is 9.80 Å². The lowest BCUT2D eigenvalue weighted by Gasteiger charge is -2.42. The van der Waals surface area contributed by atoms with Crippen LogP contribution in [0, 0.1) is 11.8 Å². The van der Waals surface area contributed by atoms with Crippen LogP contribution in [0.4, 0.5) is 0 Å². The Labute approximate surface area is 124 Å². The first-order valence-corrected chi connectivity index (χ1v) is 8.68. The summed E-state index contributed by atoms with van der Waals surface area (Å²) in [5.74, 6) is 1.53. The average Bonchev–Trinajstić information content (AvgIpc) is 2.53. The van der Waals surface area contributed by atoms with Gasteiger partial charge in [-0.3, -0.25) is 4.79 Å². The lowest BCUT2D eigenvalue weighted by atomic mass is 9.91. The molecule has 0 spiro atoms. The fraction of sp³-hybridized carbons (Fsp3) is 0.941. The Morgan fingerprint density at radius 2 is 1.65 bits per heavy atom. The Morgan fingerprint density at radius 3 is 2.15 bits per heavy atom. The quantitative estimate of drug-likeness (QED) is 0.790. The Morgan fingerprint density at radius 1 is 1.05 bits per heavy atom. The number of amides is 1. The van der Waals surface area contributed by atoms with Gasteiger partial charge in [0.05, 0.1) is 0 Å².